The Hall–Kier alpha value is -1.82. The van der Waals surface area contributed by atoms with E-state index in [9.17, 15) is 9.59 Å². The molecule has 1 heterocycles. The SMILES string of the molecule is CC(C)[C@H](NC(=O)c1cc2cccc(Br)c2o1)C(=O)O. The number of carboxylic acid groups (broad SMARTS) is 1. The van der Waals surface area contributed by atoms with Crippen molar-refractivity contribution in [3.05, 3.63) is 34.5 Å². The van der Waals surface area contributed by atoms with E-state index >= 15 is 0 Å². The highest BCUT2D eigenvalue weighted by atomic mass is 79.9. The number of carboxylic acids is 1. The van der Waals surface area contributed by atoms with Gasteiger partial charge in [0.1, 0.15) is 11.6 Å². The molecule has 0 bridgehead atoms. The normalized spacial score (nSPS) is 12.6. The predicted molar refractivity (Wildman–Crippen MR) is 77.6 cm³/mol. The molecule has 0 aliphatic carbocycles. The van der Waals surface area contributed by atoms with Crippen LogP contribution in [0.25, 0.3) is 11.0 Å². The van der Waals surface area contributed by atoms with E-state index in [0.717, 1.165) is 9.86 Å². The Labute approximate surface area is 124 Å². The molecule has 0 fully saturated rings. The summed E-state index contributed by atoms with van der Waals surface area (Å²) in [5.41, 5.74) is 0.564. The van der Waals surface area contributed by atoms with Gasteiger partial charge in [-0.2, -0.15) is 0 Å². The number of nitrogens with one attached hydrogen (secondary N) is 1. The first-order valence-electron chi connectivity index (χ1n) is 6.12. The zero-order chi connectivity index (χ0) is 14.9. The fraction of sp³-hybridized carbons (Fsp3) is 0.286. The number of furan rings is 1. The first-order chi connectivity index (χ1) is 9.40. The number of carbonyl (C=O) groups excluding carboxylic acids is 1. The molecule has 0 aliphatic heterocycles. The largest absolute Gasteiger partial charge is 0.480 e. The molecular formula is C14H14BrNO4. The van der Waals surface area contributed by atoms with Crippen LogP contribution in [0.5, 0.6) is 0 Å². The van der Waals surface area contributed by atoms with Gasteiger partial charge in [-0.25, -0.2) is 4.79 Å². The van der Waals surface area contributed by atoms with E-state index in [2.05, 4.69) is 21.2 Å². The highest BCUT2D eigenvalue weighted by Crippen LogP contribution is 2.27. The van der Waals surface area contributed by atoms with Gasteiger partial charge in [-0.3, -0.25) is 4.79 Å². The molecular weight excluding hydrogens is 326 g/mol. The molecule has 0 aliphatic rings. The third kappa shape index (κ3) is 2.85. The minimum Gasteiger partial charge on any atom is -0.480 e. The molecule has 6 heteroatoms. The molecule has 0 unspecified atom stereocenters. The Balaban J connectivity index is 2.27. The van der Waals surface area contributed by atoms with Crippen LogP contribution in [0.15, 0.2) is 33.2 Å². The summed E-state index contributed by atoms with van der Waals surface area (Å²) in [5.74, 6) is -1.72. The van der Waals surface area contributed by atoms with Crippen LogP contribution >= 0.6 is 15.9 Å². The van der Waals surface area contributed by atoms with Crippen LogP contribution in [0.3, 0.4) is 0 Å². The average Bonchev–Trinajstić information content (AvgIpc) is 2.80. The van der Waals surface area contributed by atoms with Crippen molar-refractivity contribution in [2.75, 3.05) is 0 Å². The smallest absolute Gasteiger partial charge is 0.326 e. The summed E-state index contributed by atoms with van der Waals surface area (Å²) in [6.45, 7) is 3.46. The van der Waals surface area contributed by atoms with Crippen molar-refractivity contribution in [1.82, 2.24) is 5.32 Å². The number of hydrogen-bond acceptors (Lipinski definition) is 3. The number of hydrogen-bond donors (Lipinski definition) is 2. The van der Waals surface area contributed by atoms with Crippen molar-refractivity contribution in [3.63, 3.8) is 0 Å². The summed E-state index contributed by atoms with van der Waals surface area (Å²) in [4.78, 5) is 23.1. The van der Waals surface area contributed by atoms with Crippen molar-refractivity contribution in [2.45, 2.75) is 19.9 Å². The summed E-state index contributed by atoms with van der Waals surface area (Å²) < 4.78 is 6.21. The van der Waals surface area contributed by atoms with Crippen LogP contribution in [0.4, 0.5) is 0 Å². The predicted octanol–water partition coefficient (Wildman–Crippen LogP) is 3.03. The first-order valence-corrected chi connectivity index (χ1v) is 6.91. The molecule has 5 nitrogen and oxygen atoms in total. The van der Waals surface area contributed by atoms with Gasteiger partial charge in [0.15, 0.2) is 5.76 Å². The molecule has 2 N–H and O–H groups in total. The Kier molecular flexibility index (Phi) is 4.13. The molecule has 0 radical (unpaired) electrons. The van der Waals surface area contributed by atoms with Crippen LogP contribution in [0.1, 0.15) is 24.4 Å². The Morgan fingerprint density at radius 2 is 2.05 bits per heavy atom. The molecule has 1 amide bonds. The standard InChI is InChI=1S/C14H14BrNO4/c1-7(2)11(14(18)19)16-13(17)10-6-8-4-3-5-9(15)12(8)20-10/h3-7,11H,1-2H3,(H,16,17)(H,18,19)/t11-/m0/s1. The van der Waals surface area contributed by atoms with E-state index in [-0.39, 0.29) is 11.7 Å². The van der Waals surface area contributed by atoms with Crippen molar-refractivity contribution < 1.29 is 19.1 Å². The Bertz CT molecular complexity index is 662. The maximum atomic E-state index is 12.1. The van der Waals surface area contributed by atoms with Crippen LogP contribution in [0, 0.1) is 5.92 Å². The van der Waals surface area contributed by atoms with E-state index in [4.69, 9.17) is 9.52 Å². The van der Waals surface area contributed by atoms with E-state index in [1.54, 1.807) is 19.9 Å². The number of halogens is 1. The highest BCUT2D eigenvalue weighted by Gasteiger charge is 2.25. The molecule has 0 saturated carbocycles. The topological polar surface area (TPSA) is 79.5 Å². The highest BCUT2D eigenvalue weighted by molar-refractivity contribution is 9.10. The van der Waals surface area contributed by atoms with Gasteiger partial charge < -0.3 is 14.8 Å². The van der Waals surface area contributed by atoms with E-state index < -0.39 is 17.9 Å². The number of amides is 1. The number of carbonyl (C=O) groups is 2. The lowest BCUT2D eigenvalue weighted by Gasteiger charge is -2.16. The quantitative estimate of drug-likeness (QED) is 0.897. The molecule has 1 aromatic carbocycles. The zero-order valence-corrected chi connectivity index (χ0v) is 12.6. The van der Waals surface area contributed by atoms with Crippen molar-refractivity contribution in [1.29, 1.82) is 0 Å². The summed E-state index contributed by atoms with van der Waals surface area (Å²) in [5, 5.41) is 12.3. The van der Waals surface area contributed by atoms with Gasteiger partial charge in [0.25, 0.3) is 5.91 Å². The lowest BCUT2D eigenvalue weighted by atomic mass is 10.0. The summed E-state index contributed by atoms with van der Waals surface area (Å²) in [6, 6.07) is 6.10. The number of benzene rings is 1. The summed E-state index contributed by atoms with van der Waals surface area (Å²) in [6.07, 6.45) is 0. The molecule has 0 spiro atoms. The Morgan fingerprint density at radius 3 is 2.60 bits per heavy atom. The minimum atomic E-state index is -1.06. The van der Waals surface area contributed by atoms with Gasteiger partial charge in [0, 0.05) is 5.39 Å². The molecule has 106 valence electrons. The van der Waals surface area contributed by atoms with Gasteiger partial charge in [0.05, 0.1) is 4.47 Å². The van der Waals surface area contributed by atoms with Crippen LogP contribution < -0.4 is 5.32 Å². The third-order valence-electron chi connectivity index (χ3n) is 2.94. The maximum absolute atomic E-state index is 12.1. The fourth-order valence-electron chi connectivity index (χ4n) is 1.87. The average molecular weight is 340 g/mol. The molecule has 2 rings (SSSR count). The van der Waals surface area contributed by atoms with Crippen molar-refractivity contribution in [2.24, 2.45) is 5.92 Å². The molecule has 2 aromatic rings. The van der Waals surface area contributed by atoms with Crippen molar-refractivity contribution in [3.8, 4) is 0 Å². The van der Waals surface area contributed by atoms with Crippen LogP contribution in [-0.4, -0.2) is 23.0 Å². The summed E-state index contributed by atoms with van der Waals surface area (Å²) >= 11 is 3.34. The van der Waals surface area contributed by atoms with E-state index in [1.807, 2.05) is 18.2 Å². The lowest BCUT2D eigenvalue weighted by Crippen LogP contribution is -2.44. The van der Waals surface area contributed by atoms with Gasteiger partial charge in [-0.1, -0.05) is 26.0 Å². The summed E-state index contributed by atoms with van der Waals surface area (Å²) in [7, 11) is 0. The molecule has 1 atom stereocenters. The van der Waals surface area contributed by atoms with Gasteiger partial charge in [0.2, 0.25) is 0 Å². The minimum absolute atomic E-state index is 0.0961. The number of rotatable bonds is 4. The van der Waals surface area contributed by atoms with E-state index in [1.165, 1.54) is 0 Å². The number of para-hydroxylation sites is 1. The zero-order valence-electron chi connectivity index (χ0n) is 11.0. The second kappa shape index (κ2) is 5.66. The molecule has 1 aromatic heterocycles. The maximum Gasteiger partial charge on any atom is 0.326 e. The molecule has 0 saturated heterocycles. The van der Waals surface area contributed by atoms with Gasteiger partial charge in [-0.05, 0) is 34.0 Å². The van der Waals surface area contributed by atoms with Crippen LogP contribution in [0.2, 0.25) is 0 Å². The third-order valence-corrected chi connectivity index (χ3v) is 3.56. The number of aliphatic carboxylic acids is 1. The second-order valence-corrected chi connectivity index (χ2v) is 5.66. The Morgan fingerprint density at radius 1 is 1.35 bits per heavy atom. The second-order valence-electron chi connectivity index (χ2n) is 4.80. The lowest BCUT2D eigenvalue weighted by molar-refractivity contribution is -0.140. The first kappa shape index (κ1) is 14.6. The van der Waals surface area contributed by atoms with Gasteiger partial charge >= 0.3 is 5.97 Å². The van der Waals surface area contributed by atoms with E-state index in [0.29, 0.717) is 5.58 Å². The molecule has 20 heavy (non-hydrogen) atoms. The van der Waals surface area contributed by atoms with Crippen molar-refractivity contribution >= 4 is 38.8 Å². The van der Waals surface area contributed by atoms with Crippen LogP contribution in [-0.2, 0) is 4.79 Å². The van der Waals surface area contributed by atoms with Gasteiger partial charge in [-0.15, -0.1) is 0 Å². The number of fused-ring (bicyclic) bond motifs is 1. The monoisotopic (exact) mass is 339 g/mol. The fourth-order valence-corrected chi connectivity index (χ4v) is 2.33.